The summed E-state index contributed by atoms with van der Waals surface area (Å²) < 4.78 is 5.98. The molecule has 2 aromatic carbocycles. The van der Waals surface area contributed by atoms with E-state index in [2.05, 4.69) is 61.6 Å². The summed E-state index contributed by atoms with van der Waals surface area (Å²) in [4.78, 5) is 0. The Morgan fingerprint density at radius 2 is 2.10 bits per heavy atom. The molecule has 0 amide bonds. The van der Waals surface area contributed by atoms with E-state index in [-0.39, 0.29) is 6.10 Å². The molecular weight excluding hydrogens is 246 g/mol. The molecule has 1 atom stereocenters. The fourth-order valence-corrected chi connectivity index (χ4v) is 2.70. The fourth-order valence-electron chi connectivity index (χ4n) is 2.70. The van der Waals surface area contributed by atoms with Crippen LogP contribution < -0.4 is 10.1 Å². The summed E-state index contributed by atoms with van der Waals surface area (Å²) in [5, 5.41) is 3.49. The van der Waals surface area contributed by atoms with Gasteiger partial charge in [0.2, 0.25) is 0 Å². The molecule has 1 heterocycles. The molecule has 1 aliphatic rings. The van der Waals surface area contributed by atoms with Crippen LogP contribution in [-0.4, -0.2) is 12.6 Å². The Hall–Kier alpha value is -1.96. The van der Waals surface area contributed by atoms with Gasteiger partial charge in [-0.15, -0.1) is 0 Å². The maximum Gasteiger partial charge on any atom is 0.123 e. The summed E-state index contributed by atoms with van der Waals surface area (Å²) in [5.41, 5.74) is 5.18. The lowest BCUT2D eigenvalue weighted by molar-refractivity contribution is 0.246. The number of benzene rings is 2. The third-order valence-corrected chi connectivity index (χ3v) is 3.83. The predicted octanol–water partition coefficient (Wildman–Crippen LogP) is 3.97. The van der Waals surface area contributed by atoms with Crippen LogP contribution >= 0.6 is 0 Å². The molecule has 2 heteroatoms. The summed E-state index contributed by atoms with van der Waals surface area (Å²) in [6.07, 6.45) is 2.30. The minimum atomic E-state index is 0.233. The highest BCUT2D eigenvalue weighted by atomic mass is 16.5. The van der Waals surface area contributed by atoms with Gasteiger partial charge in [-0.3, -0.25) is 0 Å². The normalized spacial score (nSPS) is 16.6. The molecule has 20 heavy (non-hydrogen) atoms. The van der Waals surface area contributed by atoms with Crippen molar-refractivity contribution in [1.29, 1.82) is 0 Å². The number of aryl methyl sites for hydroxylation is 2. The molecule has 1 N–H and O–H groups in total. The van der Waals surface area contributed by atoms with Crippen molar-refractivity contribution < 1.29 is 4.74 Å². The third kappa shape index (κ3) is 2.79. The van der Waals surface area contributed by atoms with Crippen LogP contribution in [0.3, 0.4) is 0 Å². The highest BCUT2D eigenvalue weighted by Gasteiger charge is 2.22. The molecule has 3 rings (SSSR count). The van der Waals surface area contributed by atoms with E-state index in [1.54, 1.807) is 0 Å². The second-order valence-electron chi connectivity index (χ2n) is 5.49. The number of anilines is 1. The van der Waals surface area contributed by atoms with Gasteiger partial charge in [0.05, 0.1) is 6.54 Å². The van der Waals surface area contributed by atoms with Crippen molar-refractivity contribution >= 4 is 5.69 Å². The molecule has 0 fully saturated rings. The van der Waals surface area contributed by atoms with Crippen LogP contribution in [0.5, 0.6) is 5.75 Å². The lowest BCUT2D eigenvalue weighted by Crippen LogP contribution is -2.23. The molecule has 2 nitrogen and oxygen atoms in total. The molecular formula is C18H21NO. The molecule has 0 spiro atoms. The second-order valence-corrected chi connectivity index (χ2v) is 5.49. The topological polar surface area (TPSA) is 21.3 Å². The Kier molecular flexibility index (Phi) is 3.64. The van der Waals surface area contributed by atoms with Gasteiger partial charge in [-0.1, -0.05) is 36.8 Å². The average molecular weight is 267 g/mol. The minimum Gasteiger partial charge on any atom is -0.488 e. The van der Waals surface area contributed by atoms with Crippen LogP contribution in [0.15, 0.2) is 42.5 Å². The van der Waals surface area contributed by atoms with E-state index in [4.69, 9.17) is 4.74 Å². The Balaban J connectivity index is 1.60. The van der Waals surface area contributed by atoms with E-state index < -0.39 is 0 Å². The van der Waals surface area contributed by atoms with Crippen LogP contribution in [-0.2, 0) is 12.8 Å². The maximum atomic E-state index is 5.98. The van der Waals surface area contributed by atoms with Gasteiger partial charge in [0.1, 0.15) is 11.9 Å². The van der Waals surface area contributed by atoms with Crippen molar-refractivity contribution in [1.82, 2.24) is 0 Å². The van der Waals surface area contributed by atoms with Gasteiger partial charge in [0.25, 0.3) is 0 Å². The number of fused-ring (bicyclic) bond motifs is 1. The van der Waals surface area contributed by atoms with E-state index in [0.717, 1.165) is 25.1 Å². The average Bonchev–Trinajstić information content (AvgIpc) is 2.87. The second kappa shape index (κ2) is 5.58. The number of rotatable bonds is 4. The number of hydrogen-bond donors (Lipinski definition) is 1. The lowest BCUT2D eigenvalue weighted by Gasteiger charge is -2.13. The summed E-state index contributed by atoms with van der Waals surface area (Å²) in [6, 6.07) is 15.0. The van der Waals surface area contributed by atoms with Gasteiger partial charge in [0.15, 0.2) is 0 Å². The van der Waals surface area contributed by atoms with E-state index in [1.165, 1.54) is 22.4 Å². The van der Waals surface area contributed by atoms with Gasteiger partial charge in [-0.25, -0.2) is 0 Å². The monoisotopic (exact) mass is 267 g/mol. The summed E-state index contributed by atoms with van der Waals surface area (Å²) >= 11 is 0. The molecule has 1 unspecified atom stereocenters. The van der Waals surface area contributed by atoms with Crippen molar-refractivity contribution in [2.45, 2.75) is 32.8 Å². The predicted molar refractivity (Wildman–Crippen MR) is 83.6 cm³/mol. The van der Waals surface area contributed by atoms with Gasteiger partial charge >= 0.3 is 0 Å². The first-order valence-electron chi connectivity index (χ1n) is 7.33. The number of nitrogens with one attached hydrogen (secondary N) is 1. The van der Waals surface area contributed by atoms with Crippen LogP contribution in [0.4, 0.5) is 5.69 Å². The Labute approximate surface area is 120 Å². The van der Waals surface area contributed by atoms with Gasteiger partial charge in [0, 0.05) is 12.1 Å². The highest BCUT2D eigenvalue weighted by Crippen LogP contribution is 2.29. The third-order valence-electron chi connectivity index (χ3n) is 3.83. The summed E-state index contributed by atoms with van der Waals surface area (Å²) in [6.45, 7) is 5.15. The standard InChI is InChI=1S/C18H21NO/c1-3-14-5-4-6-16(10-14)19-12-17-11-15-9-13(2)7-8-18(15)20-17/h4-10,17,19H,3,11-12H2,1-2H3. The quantitative estimate of drug-likeness (QED) is 0.905. The molecule has 0 saturated heterocycles. The van der Waals surface area contributed by atoms with Crippen molar-refractivity contribution in [3.63, 3.8) is 0 Å². The van der Waals surface area contributed by atoms with Crippen LogP contribution in [0, 0.1) is 6.92 Å². The van der Waals surface area contributed by atoms with E-state index in [0.29, 0.717) is 0 Å². The summed E-state index contributed by atoms with van der Waals surface area (Å²) in [5.74, 6) is 1.05. The molecule has 0 aliphatic carbocycles. The molecule has 0 aromatic heterocycles. The van der Waals surface area contributed by atoms with Crippen molar-refractivity contribution in [3.8, 4) is 5.75 Å². The Morgan fingerprint density at radius 3 is 2.95 bits per heavy atom. The van der Waals surface area contributed by atoms with Crippen LogP contribution in [0.2, 0.25) is 0 Å². The van der Waals surface area contributed by atoms with E-state index in [9.17, 15) is 0 Å². The van der Waals surface area contributed by atoms with Gasteiger partial charge < -0.3 is 10.1 Å². The van der Waals surface area contributed by atoms with Gasteiger partial charge in [-0.05, 0) is 42.7 Å². The van der Waals surface area contributed by atoms with Crippen molar-refractivity contribution in [2.24, 2.45) is 0 Å². The van der Waals surface area contributed by atoms with Gasteiger partial charge in [-0.2, -0.15) is 0 Å². The van der Waals surface area contributed by atoms with Crippen LogP contribution in [0.1, 0.15) is 23.6 Å². The Bertz CT molecular complexity index is 606. The Morgan fingerprint density at radius 1 is 1.20 bits per heavy atom. The molecule has 2 aromatic rings. The SMILES string of the molecule is CCc1cccc(NCC2Cc3cc(C)ccc3O2)c1. The zero-order chi connectivity index (χ0) is 13.9. The first-order valence-corrected chi connectivity index (χ1v) is 7.33. The maximum absolute atomic E-state index is 5.98. The minimum absolute atomic E-state index is 0.233. The fraction of sp³-hybridized carbons (Fsp3) is 0.333. The summed E-state index contributed by atoms with van der Waals surface area (Å²) in [7, 11) is 0. The zero-order valence-corrected chi connectivity index (χ0v) is 12.1. The van der Waals surface area contributed by atoms with Crippen LogP contribution in [0.25, 0.3) is 0 Å². The van der Waals surface area contributed by atoms with E-state index in [1.807, 2.05) is 0 Å². The first kappa shape index (κ1) is 13.0. The molecule has 0 bridgehead atoms. The number of ether oxygens (including phenoxy) is 1. The zero-order valence-electron chi connectivity index (χ0n) is 12.1. The molecule has 0 radical (unpaired) electrons. The number of hydrogen-bond acceptors (Lipinski definition) is 2. The first-order chi connectivity index (χ1) is 9.74. The molecule has 0 saturated carbocycles. The molecule has 104 valence electrons. The highest BCUT2D eigenvalue weighted by molar-refractivity contribution is 5.46. The van der Waals surface area contributed by atoms with Crippen molar-refractivity contribution in [3.05, 3.63) is 59.2 Å². The van der Waals surface area contributed by atoms with Crippen molar-refractivity contribution in [2.75, 3.05) is 11.9 Å². The smallest absolute Gasteiger partial charge is 0.123 e. The largest absolute Gasteiger partial charge is 0.488 e. The molecule has 1 aliphatic heterocycles. The lowest BCUT2D eigenvalue weighted by atomic mass is 10.1. The van der Waals surface area contributed by atoms with E-state index >= 15 is 0 Å².